The number of rotatable bonds is 4. The van der Waals surface area contributed by atoms with E-state index >= 15 is 0 Å². The SMILES string of the molecule is N#Cc1ccc2c(cc(CC(F)(F)F)n2Cc2noc(-c3cc(C(F)(F)F)cc(C(F)(F)F)c3)n2)c1C(F)(F)F. The summed E-state index contributed by atoms with van der Waals surface area (Å²) >= 11 is 0. The third-order valence-corrected chi connectivity index (χ3v) is 5.56. The van der Waals surface area contributed by atoms with Crippen LogP contribution in [0.2, 0.25) is 0 Å². The molecule has 0 N–H and O–H groups in total. The summed E-state index contributed by atoms with van der Waals surface area (Å²) in [7, 11) is 0. The van der Waals surface area contributed by atoms with E-state index in [0.29, 0.717) is 6.07 Å². The zero-order valence-electron chi connectivity index (χ0n) is 19.1. The quantitative estimate of drug-likeness (QED) is 0.229. The fourth-order valence-corrected chi connectivity index (χ4v) is 3.98. The molecule has 0 fully saturated rings. The van der Waals surface area contributed by atoms with Crippen LogP contribution in [0.5, 0.6) is 0 Å². The summed E-state index contributed by atoms with van der Waals surface area (Å²) < 4.78 is 165. The molecule has 4 rings (SSSR count). The topological polar surface area (TPSA) is 67.6 Å². The van der Waals surface area contributed by atoms with Crippen molar-refractivity contribution in [1.82, 2.24) is 14.7 Å². The van der Waals surface area contributed by atoms with Crippen molar-refractivity contribution < 1.29 is 57.2 Å². The van der Waals surface area contributed by atoms with Crippen molar-refractivity contribution in [3.8, 4) is 17.5 Å². The lowest BCUT2D eigenvalue weighted by atomic mass is 10.0. The van der Waals surface area contributed by atoms with Crippen LogP contribution in [0.25, 0.3) is 22.4 Å². The fraction of sp³-hybridized carbons (Fsp3) is 0.261. The lowest BCUT2D eigenvalue weighted by molar-refractivity contribution is -0.143. The summed E-state index contributed by atoms with van der Waals surface area (Å²) in [5.74, 6) is -1.43. The number of fused-ring (bicyclic) bond motifs is 1. The molecule has 0 aliphatic heterocycles. The molecule has 0 saturated carbocycles. The Labute approximate surface area is 214 Å². The van der Waals surface area contributed by atoms with E-state index in [0.717, 1.165) is 16.7 Å². The van der Waals surface area contributed by atoms with Gasteiger partial charge in [-0.1, -0.05) is 5.16 Å². The molecule has 0 unspecified atom stereocenters. The van der Waals surface area contributed by atoms with Crippen LogP contribution in [0.4, 0.5) is 52.7 Å². The number of aromatic nitrogens is 3. The zero-order valence-corrected chi connectivity index (χ0v) is 19.1. The van der Waals surface area contributed by atoms with Crippen LogP contribution < -0.4 is 0 Å². The minimum atomic E-state index is -5.20. The number of alkyl halides is 12. The second-order valence-corrected chi connectivity index (χ2v) is 8.35. The molecule has 2 heterocycles. The van der Waals surface area contributed by atoms with Crippen LogP contribution in [0.15, 0.2) is 40.9 Å². The molecule has 0 aliphatic carbocycles. The summed E-state index contributed by atoms with van der Waals surface area (Å²) in [6.45, 7) is -0.813. The average Bonchev–Trinajstić information content (AvgIpc) is 3.40. The normalized spacial score (nSPS) is 13.2. The number of halogens is 12. The average molecular weight is 586 g/mol. The van der Waals surface area contributed by atoms with Gasteiger partial charge in [-0.2, -0.15) is 62.9 Å². The van der Waals surface area contributed by atoms with E-state index in [-0.39, 0.29) is 18.2 Å². The Bertz CT molecular complexity index is 1580. The van der Waals surface area contributed by atoms with Crippen molar-refractivity contribution in [3.63, 3.8) is 0 Å². The Morgan fingerprint density at radius 2 is 1.40 bits per heavy atom. The summed E-state index contributed by atoms with van der Waals surface area (Å²) in [4.78, 5) is 3.66. The summed E-state index contributed by atoms with van der Waals surface area (Å²) in [5, 5.41) is 11.7. The standard InChI is InChI=1S/C23H10F12N4O/c24-20(25,26)7-14-6-15-16(2-1-10(8-36)18(15)23(33,34)35)39(14)9-17-37-19(40-38-17)11-3-12(21(27,28)29)5-13(4-11)22(30,31)32/h1-6H,7,9H2. The maximum atomic E-state index is 13.7. The zero-order chi connectivity index (χ0) is 29.8. The van der Waals surface area contributed by atoms with E-state index in [4.69, 9.17) is 9.78 Å². The lowest BCUT2D eigenvalue weighted by Gasteiger charge is -2.13. The highest BCUT2D eigenvalue weighted by Gasteiger charge is 2.39. The van der Waals surface area contributed by atoms with Gasteiger partial charge in [-0.15, -0.1) is 0 Å². The van der Waals surface area contributed by atoms with E-state index in [1.54, 1.807) is 0 Å². The predicted octanol–water partition coefficient (Wildman–Crippen LogP) is 7.77. The molecular weight excluding hydrogens is 576 g/mol. The van der Waals surface area contributed by atoms with E-state index < -0.39 is 93.8 Å². The molecule has 0 saturated heterocycles. The Morgan fingerprint density at radius 3 is 1.90 bits per heavy atom. The van der Waals surface area contributed by atoms with Crippen molar-refractivity contribution >= 4 is 10.9 Å². The smallest absolute Gasteiger partial charge is 0.336 e. The van der Waals surface area contributed by atoms with Crippen molar-refractivity contribution in [2.75, 3.05) is 0 Å². The molecule has 0 atom stereocenters. The minimum Gasteiger partial charge on any atom is -0.336 e. The highest BCUT2D eigenvalue weighted by Crippen LogP contribution is 2.41. The molecule has 0 aliphatic rings. The van der Waals surface area contributed by atoms with E-state index in [1.807, 2.05) is 0 Å². The first-order chi connectivity index (χ1) is 18.3. The molecule has 5 nitrogen and oxygen atoms in total. The summed E-state index contributed by atoms with van der Waals surface area (Å²) in [6.07, 6.45) is -22.2. The third kappa shape index (κ3) is 5.84. The maximum Gasteiger partial charge on any atom is 0.418 e. The van der Waals surface area contributed by atoms with Crippen molar-refractivity contribution in [2.24, 2.45) is 0 Å². The van der Waals surface area contributed by atoms with Crippen LogP contribution in [0.3, 0.4) is 0 Å². The first-order valence-corrected chi connectivity index (χ1v) is 10.6. The number of benzene rings is 2. The van der Waals surface area contributed by atoms with Gasteiger partial charge in [-0.25, -0.2) is 0 Å². The van der Waals surface area contributed by atoms with Crippen LogP contribution in [0, 0.1) is 11.3 Å². The minimum absolute atomic E-state index is 0.149. The van der Waals surface area contributed by atoms with Gasteiger partial charge in [-0.05, 0) is 36.4 Å². The molecule has 2 aromatic heterocycles. The van der Waals surface area contributed by atoms with E-state index in [1.165, 1.54) is 6.07 Å². The van der Waals surface area contributed by atoms with Crippen molar-refractivity contribution in [3.05, 3.63) is 70.2 Å². The molecule has 40 heavy (non-hydrogen) atoms. The van der Waals surface area contributed by atoms with Gasteiger partial charge in [0.15, 0.2) is 5.82 Å². The monoisotopic (exact) mass is 586 g/mol. The van der Waals surface area contributed by atoms with Crippen LogP contribution >= 0.6 is 0 Å². The molecule has 0 amide bonds. The number of hydrogen-bond acceptors (Lipinski definition) is 4. The Morgan fingerprint density at radius 1 is 0.800 bits per heavy atom. The molecule has 212 valence electrons. The van der Waals surface area contributed by atoms with Crippen molar-refractivity contribution in [1.29, 1.82) is 5.26 Å². The second-order valence-electron chi connectivity index (χ2n) is 8.35. The van der Waals surface area contributed by atoms with Gasteiger partial charge < -0.3 is 9.09 Å². The van der Waals surface area contributed by atoms with Crippen LogP contribution in [-0.2, 0) is 31.5 Å². The Hall–Kier alpha value is -4.23. The third-order valence-electron chi connectivity index (χ3n) is 5.56. The molecule has 2 aromatic carbocycles. The van der Waals surface area contributed by atoms with Gasteiger partial charge in [0.2, 0.25) is 0 Å². The highest BCUT2D eigenvalue weighted by atomic mass is 19.4. The predicted molar refractivity (Wildman–Crippen MR) is 110 cm³/mol. The van der Waals surface area contributed by atoms with Gasteiger partial charge in [0.25, 0.3) is 5.89 Å². The Balaban J connectivity index is 1.84. The first-order valence-electron chi connectivity index (χ1n) is 10.6. The van der Waals surface area contributed by atoms with E-state index in [2.05, 4.69) is 10.1 Å². The Kier molecular flexibility index (Phi) is 6.80. The number of nitriles is 1. The largest absolute Gasteiger partial charge is 0.418 e. The maximum absolute atomic E-state index is 13.7. The molecule has 0 spiro atoms. The summed E-state index contributed by atoms with van der Waals surface area (Å²) in [6, 6.07) is 4.01. The van der Waals surface area contributed by atoms with Gasteiger partial charge in [-0.3, -0.25) is 0 Å². The fourth-order valence-electron chi connectivity index (χ4n) is 3.98. The number of nitrogens with zero attached hydrogens (tertiary/aromatic N) is 4. The summed E-state index contributed by atoms with van der Waals surface area (Å²) in [5.41, 5.74) is -7.70. The lowest BCUT2D eigenvalue weighted by Crippen LogP contribution is -2.16. The first kappa shape index (κ1) is 28.8. The highest BCUT2D eigenvalue weighted by molar-refractivity contribution is 5.87. The number of hydrogen-bond donors (Lipinski definition) is 0. The molecular formula is C23H10F12N4O. The molecule has 0 bridgehead atoms. The van der Waals surface area contributed by atoms with Crippen LogP contribution in [0.1, 0.15) is 33.8 Å². The molecule has 4 aromatic rings. The van der Waals surface area contributed by atoms with Gasteiger partial charge in [0.1, 0.15) is 0 Å². The second kappa shape index (κ2) is 9.45. The van der Waals surface area contributed by atoms with Gasteiger partial charge in [0.05, 0.1) is 41.3 Å². The van der Waals surface area contributed by atoms with Gasteiger partial charge in [0, 0.05) is 22.2 Å². The van der Waals surface area contributed by atoms with Crippen LogP contribution in [-0.4, -0.2) is 20.9 Å². The van der Waals surface area contributed by atoms with Crippen molar-refractivity contribution in [2.45, 2.75) is 37.7 Å². The molecule has 0 radical (unpaired) electrons. The van der Waals surface area contributed by atoms with Gasteiger partial charge >= 0.3 is 24.7 Å². The molecule has 17 heteroatoms. The van der Waals surface area contributed by atoms with E-state index in [9.17, 15) is 52.7 Å².